The van der Waals surface area contributed by atoms with Crippen molar-refractivity contribution in [3.8, 4) is 5.75 Å². The maximum atomic E-state index is 6.42. The average Bonchev–Trinajstić information content (AvgIpc) is 2.41. The number of nitrogens with two attached hydrogens (primary N) is 1. The van der Waals surface area contributed by atoms with Gasteiger partial charge in [-0.1, -0.05) is 51.8 Å². The number of ether oxygens (including phenoxy) is 1. The van der Waals surface area contributed by atoms with Crippen molar-refractivity contribution in [2.45, 2.75) is 19.9 Å². The van der Waals surface area contributed by atoms with Gasteiger partial charge in [0.05, 0.1) is 13.2 Å². The predicted octanol–water partition coefficient (Wildman–Crippen LogP) is 4.12. The van der Waals surface area contributed by atoms with Crippen LogP contribution in [0.15, 0.2) is 40.9 Å². The van der Waals surface area contributed by atoms with Crippen LogP contribution in [0.1, 0.15) is 28.3 Å². The lowest BCUT2D eigenvalue weighted by Gasteiger charge is -2.19. The zero-order valence-electron chi connectivity index (χ0n) is 11.4. The third kappa shape index (κ3) is 2.82. The zero-order chi connectivity index (χ0) is 14.0. The molecule has 0 saturated carbocycles. The van der Waals surface area contributed by atoms with Crippen LogP contribution in [0.4, 0.5) is 0 Å². The van der Waals surface area contributed by atoms with Crippen LogP contribution < -0.4 is 10.5 Å². The summed E-state index contributed by atoms with van der Waals surface area (Å²) < 4.78 is 6.48. The van der Waals surface area contributed by atoms with Gasteiger partial charge in [0.15, 0.2) is 0 Å². The van der Waals surface area contributed by atoms with Gasteiger partial charge in [0, 0.05) is 10.0 Å². The van der Waals surface area contributed by atoms with E-state index in [-0.39, 0.29) is 6.04 Å². The van der Waals surface area contributed by atoms with Crippen molar-refractivity contribution in [2.24, 2.45) is 5.73 Å². The quantitative estimate of drug-likeness (QED) is 0.923. The average molecular weight is 320 g/mol. The molecule has 19 heavy (non-hydrogen) atoms. The second-order valence-electron chi connectivity index (χ2n) is 4.70. The third-order valence-electron chi connectivity index (χ3n) is 3.28. The number of methoxy groups -OCH3 is 1. The molecule has 0 amide bonds. The van der Waals surface area contributed by atoms with E-state index < -0.39 is 0 Å². The molecule has 2 aromatic rings. The Balaban J connectivity index is 2.52. The van der Waals surface area contributed by atoms with Gasteiger partial charge in [0.2, 0.25) is 0 Å². The minimum Gasteiger partial charge on any atom is -0.496 e. The maximum Gasteiger partial charge on any atom is 0.123 e. The number of aryl methyl sites for hydroxylation is 2. The van der Waals surface area contributed by atoms with Gasteiger partial charge < -0.3 is 10.5 Å². The Labute approximate surface area is 122 Å². The van der Waals surface area contributed by atoms with Gasteiger partial charge in [-0.25, -0.2) is 0 Å². The van der Waals surface area contributed by atoms with Gasteiger partial charge in [-0.3, -0.25) is 0 Å². The summed E-state index contributed by atoms with van der Waals surface area (Å²) in [5, 5.41) is 0. The Morgan fingerprint density at radius 1 is 1.11 bits per heavy atom. The Morgan fingerprint density at radius 3 is 2.53 bits per heavy atom. The molecule has 100 valence electrons. The first kappa shape index (κ1) is 14.1. The first-order chi connectivity index (χ1) is 9.04. The minimum absolute atomic E-state index is 0.205. The Morgan fingerprint density at radius 2 is 1.84 bits per heavy atom. The van der Waals surface area contributed by atoms with Crippen molar-refractivity contribution < 1.29 is 4.74 Å². The lowest BCUT2D eigenvalue weighted by Crippen LogP contribution is -2.14. The second-order valence-corrected chi connectivity index (χ2v) is 5.49. The van der Waals surface area contributed by atoms with Crippen LogP contribution in [-0.4, -0.2) is 7.11 Å². The molecule has 1 atom stereocenters. The van der Waals surface area contributed by atoms with Gasteiger partial charge in [-0.05, 0) is 31.0 Å². The normalized spacial score (nSPS) is 12.3. The second kappa shape index (κ2) is 5.76. The van der Waals surface area contributed by atoms with E-state index in [2.05, 4.69) is 41.9 Å². The number of benzene rings is 2. The first-order valence-electron chi connectivity index (χ1n) is 6.19. The van der Waals surface area contributed by atoms with E-state index in [1.165, 1.54) is 11.1 Å². The molecule has 0 aromatic heterocycles. The van der Waals surface area contributed by atoms with Crippen molar-refractivity contribution >= 4 is 15.9 Å². The molecule has 1 unspecified atom stereocenters. The van der Waals surface area contributed by atoms with E-state index in [0.29, 0.717) is 0 Å². The van der Waals surface area contributed by atoms with Crippen LogP contribution in [0, 0.1) is 13.8 Å². The highest BCUT2D eigenvalue weighted by molar-refractivity contribution is 9.10. The summed E-state index contributed by atoms with van der Waals surface area (Å²) in [6.07, 6.45) is 0. The molecule has 0 fully saturated rings. The highest BCUT2D eigenvalue weighted by Crippen LogP contribution is 2.33. The Kier molecular flexibility index (Phi) is 4.27. The molecule has 2 N–H and O–H groups in total. The van der Waals surface area contributed by atoms with E-state index >= 15 is 0 Å². The monoisotopic (exact) mass is 319 g/mol. The standard InChI is InChI=1S/C16H18BrNO/c1-10-7-8-14(19-3)13(9-10)16(18)12-6-4-5-11(2)15(12)17/h4-9,16H,18H2,1-3H3. The molecule has 0 saturated heterocycles. The van der Waals surface area contributed by atoms with Crippen LogP contribution in [0.2, 0.25) is 0 Å². The summed E-state index contributed by atoms with van der Waals surface area (Å²) in [6, 6.07) is 12.0. The molecule has 0 radical (unpaired) electrons. The zero-order valence-corrected chi connectivity index (χ0v) is 13.0. The van der Waals surface area contributed by atoms with Gasteiger partial charge in [0.25, 0.3) is 0 Å². The fraction of sp³-hybridized carbons (Fsp3) is 0.250. The fourth-order valence-corrected chi connectivity index (χ4v) is 2.69. The molecule has 0 heterocycles. The largest absolute Gasteiger partial charge is 0.496 e. The fourth-order valence-electron chi connectivity index (χ4n) is 2.17. The minimum atomic E-state index is -0.205. The van der Waals surface area contributed by atoms with Crippen molar-refractivity contribution in [1.82, 2.24) is 0 Å². The Hall–Kier alpha value is -1.32. The topological polar surface area (TPSA) is 35.2 Å². The highest BCUT2D eigenvalue weighted by atomic mass is 79.9. The molecular formula is C16H18BrNO. The lowest BCUT2D eigenvalue weighted by atomic mass is 9.96. The molecule has 3 heteroatoms. The summed E-state index contributed by atoms with van der Waals surface area (Å²) in [5.41, 5.74) is 10.9. The van der Waals surface area contributed by atoms with Crippen LogP contribution in [-0.2, 0) is 0 Å². The number of hydrogen-bond donors (Lipinski definition) is 1. The summed E-state index contributed by atoms with van der Waals surface area (Å²) >= 11 is 3.62. The molecule has 2 rings (SSSR count). The number of hydrogen-bond acceptors (Lipinski definition) is 2. The van der Waals surface area contributed by atoms with Gasteiger partial charge in [-0.2, -0.15) is 0 Å². The molecule has 0 aliphatic rings. The van der Waals surface area contributed by atoms with Crippen LogP contribution in [0.25, 0.3) is 0 Å². The van der Waals surface area contributed by atoms with Gasteiger partial charge in [0.1, 0.15) is 5.75 Å². The highest BCUT2D eigenvalue weighted by Gasteiger charge is 2.17. The Bertz CT molecular complexity index is 595. The van der Waals surface area contributed by atoms with Crippen molar-refractivity contribution in [2.75, 3.05) is 7.11 Å². The summed E-state index contributed by atoms with van der Waals surface area (Å²) in [6.45, 7) is 4.12. The van der Waals surface area contributed by atoms with Crippen molar-refractivity contribution in [3.63, 3.8) is 0 Å². The van der Waals surface area contributed by atoms with E-state index in [9.17, 15) is 0 Å². The smallest absolute Gasteiger partial charge is 0.123 e. The van der Waals surface area contributed by atoms with Crippen molar-refractivity contribution in [3.05, 3.63) is 63.1 Å². The number of rotatable bonds is 3. The molecule has 0 spiro atoms. The summed E-state index contributed by atoms with van der Waals surface area (Å²) in [5.74, 6) is 0.825. The van der Waals surface area contributed by atoms with Gasteiger partial charge >= 0.3 is 0 Å². The predicted molar refractivity (Wildman–Crippen MR) is 82.6 cm³/mol. The maximum absolute atomic E-state index is 6.42. The third-order valence-corrected chi connectivity index (χ3v) is 4.36. The molecule has 2 aromatic carbocycles. The van der Waals surface area contributed by atoms with E-state index in [1.807, 2.05) is 24.3 Å². The van der Waals surface area contributed by atoms with Crippen LogP contribution >= 0.6 is 15.9 Å². The van der Waals surface area contributed by atoms with Gasteiger partial charge in [-0.15, -0.1) is 0 Å². The van der Waals surface area contributed by atoms with Crippen LogP contribution in [0.5, 0.6) is 5.75 Å². The summed E-state index contributed by atoms with van der Waals surface area (Å²) in [7, 11) is 1.67. The summed E-state index contributed by atoms with van der Waals surface area (Å²) in [4.78, 5) is 0. The number of halogens is 1. The van der Waals surface area contributed by atoms with Crippen LogP contribution in [0.3, 0.4) is 0 Å². The van der Waals surface area contributed by atoms with E-state index in [4.69, 9.17) is 10.5 Å². The SMILES string of the molecule is COc1ccc(C)cc1C(N)c1cccc(C)c1Br. The molecule has 0 bridgehead atoms. The lowest BCUT2D eigenvalue weighted by molar-refractivity contribution is 0.407. The molecule has 2 nitrogen and oxygen atoms in total. The molecular weight excluding hydrogens is 302 g/mol. The first-order valence-corrected chi connectivity index (χ1v) is 6.99. The molecule has 0 aliphatic carbocycles. The molecule has 0 aliphatic heterocycles. The van der Waals surface area contributed by atoms with Crippen molar-refractivity contribution in [1.29, 1.82) is 0 Å². The van der Waals surface area contributed by atoms with E-state index in [0.717, 1.165) is 21.3 Å². The van der Waals surface area contributed by atoms with E-state index in [1.54, 1.807) is 7.11 Å².